The molecule has 4 nitrogen and oxygen atoms in total. The number of sulfonamides is 1. The Morgan fingerprint density at radius 2 is 1.84 bits per heavy atom. The first kappa shape index (κ1) is 18.7. The molecule has 3 rings (SSSR count). The molecule has 25 heavy (non-hydrogen) atoms. The predicted molar refractivity (Wildman–Crippen MR) is 108 cm³/mol. The van der Waals surface area contributed by atoms with Crippen molar-refractivity contribution in [2.75, 3.05) is 11.9 Å². The minimum atomic E-state index is -3.25. The highest BCUT2D eigenvalue weighted by Gasteiger charge is 2.32. The lowest BCUT2D eigenvalue weighted by atomic mass is 9.86. The SMILES string of the molecule is CC(C)(C)S(=O)(=O)NC1CCC(CNc2ccc3sccc3c2)CC1. The quantitative estimate of drug-likeness (QED) is 0.797. The second-order valence-corrected chi connectivity index (χ2v) is 11.4. The summed E-state index contributed by atoms with van der Waals surface area (Å²) in [6.07, 6.45) is 3.96. The van der Waals surface area contributed by atoms with E-state index in [-0.39, 0.29) is 6.04 Å². The molecule has 0 radical (unpaired) electrons. The summed E-state index contributed by atoms with van der Waals surface area (Å²) in [7, 11) is -3.25. The van der Waals surface area contributed by atoms with Gasteiger partial charge in [-0.1, -0.05) is 0 Å². The summed E-state index contributed by atoms with van der Waals surface area (Å²) in [5.74, 6) is 0.605. The maximum atomic E-state index is 12.3. The first-order chi connectivity index (χ1) is 11.7. The minimum Gasteiger partial charge on any atom is -0.385 e. The van der Waals surface area contributed by atoms with E-state index in [1.807, 2.05) is 0 Å². The van der Waals surface area contributed by atoms with Crippen LogP contribution in [0.5, 0.6) is 0 Å². The van der Waals surface area contributed by atoms with Gasteiger partial charge in [-0.25, -0.2) is 13.1 Å². The molecule has 0 aliphatic heterocycles. The molecule has 1 fully saturated rings. The van der Waals surface area contributed by atoms with Gasteiger partial charge in [0.15, 0.2) is 0 Å². The second-order valence-electron chi connectivity index (χ2n) is 8.01. The zero-order valence-electron chi connectivity index (χ0n) is 15.2. The van der Waals surface area contributed by atoms with Crippen molar-refractivity contribution < 1.29 is 8.42 Å². The molecule has 0 amide bonds. The third-order valence-corrected chi connectivity index (χ3v) is 8.18. The monoisotopic (exact) mass is 380 g/mol. The van der Waals surface area contributed by atoms with Crippen molar-refractivity contribution in [2.24, 2.45) is 5.92 Å². The molecule has 0 spiro atoms. The molecule has 1 aliphatic carbocycles. The van der Waals surface area contributed by atoms with Crippen LogP contribution in [0.2, 0.25) is 0 Å². The first-order valence-corrected chi connectivity index (χ1v) is 11.3. The topological polar surface area (TPSA) is 58.2 Å². The second kappa shape index (κ2) is 7.25. The summed E-state index contributed by atoms with van der Waals surface area (Å²) in [4.78, 5) is 0. The Kier molecular flexibility index (Phi) is 5.42. The number of fused-ring (bicyclic) bond motifs is 1. The van der Waals surface area contributed by atoms with Gasteiger partial charge in [0, 0.05) is 23.0 Å². The van der Waals surface area contributed by atoms with Crippen LogP contribution in [-0.2, 0) is 10.0 Å². The van der Waals surface area contributed by atoms with Crippen LogP contribution in [0.1, 0.15) is 46.5 Å². The highest BCUT2D eigenvalue weighted by molar-refractivity contribution is 7.90. The third kappa shape index (κ3) is 4.54. The largest absolute Gasteiger partial charge is 0.385 e. The molecule has 1 saturated carbocycles. The Bertz CT molecular complexity index is 813. The molecule has 1 aromatic heterocycles. The van der Waals surface area contributed by atoms with E-state index < -0.39 is 14.8 Å². The van der Waals surface area contributed by atoms with Crippen LogP contribution >= 0.6 is 11.3 Å². The molecule has 2 N–H and O–H groups in total. The van der Waals surface area contributed by atoms with Gasteiger partial charge < -0.3 is 5.32 Å². The van der Waals surface area contributed by atoms with Crippen LogP contribution in [0.25, 0.3) is 10.1 Å². The fraction of sp³-hybridized carbons (Fsp3) is 0.579. The zero-order chi connectivity index (χ0) is 18.1. The third-order valence-electron chi connectivity index (χ3n) is 5.02. The Labute approximate surface area is 155 Å². The number of anilines is 1. The maximum Gasteiger partial charge on any atom is 0.216 e. The number of rotatable bonds is 5. The van der Waals surface area contributed by atoms with Gasteiger partial charge in [0.25, 0.3) is 0 Å². The molecule has 1 aromatic carbocycles. The van der Waals surface area contributed by atoms with Crippen LogP contribution in [0.4, 0.5) is 5.69 Å². The zero-order valence-corrected chi connectivity index (χ0v) is 16.8. The molecule has 0 saturated heterocycles. The molecular formula is C19H28N2O2S2. The molecule has 1 aliphatic rings. The van der Waals surface area contributed by atoms with Crippen LogP contribution in [0.3, 0.4) is 0 Å². The summed E-state index contributed by atoms with van der Waals surface area (Å²) < 4.78 is 28.0. The first-order valence-electron chi connectivity index (χ1n) is 8.97. The number of hydrogen-bond acceptors (Lipinski definition) is 4. The van der Waals surface area contributed by atoms with E-state index in [0.717, 1.165) is 32.2 Å². The van der Waals surface area contributed by atoms with Crippen molar-refractivity contribution in [1.29, 1.82) is 0 Å². The molecule has 2 aromatic rings. The van der Waals surface area contributed by atoms with Crippen molar-refractivity contribution in [3.8, 4) is 0 Å². The van der Waals surface area contributed by atoms with Gasteiger partial charge in [0.05, 0.1) is 4.75 Å². The lowest BCUT2D eigenvalue weighted by molar-refractivity contribution is 0.322. The number of thiophene rings is 1. The van der Waals surface area contributed by atoms with E-state index in [9.17, 15) is 8.42 Å². The Balaban J connectivity index is 1.48. The fourth-order valence-electron chi connectivity index (χ4n) is 3.22. The lowest BCUT2D eigenvalue weighted by Crippen LogP contribution is -2.46. The molecule has 0 unspecified atom stereocenters. The van der Waals surface area contributed by atoms with Gasteiger partial charge >= 0.3 is 0 Å². The van der Waals surface area contributed by atoms with Gasteiger partial charge in [-0.2, -0.15) is 0 Å². The maximum absolute atomic E-state index is 12.3. The molecule has 0 bridgehead atoms. The normalized spacial score (nSPS) is 22.2. The molecule has 0 atom stereocenters. The van der Waals surface area contributed by atoms with Crippen LogP contribution < -0.4 is 10.0 Å². The predicted octanol–water partition coefficient (Wildman–Crippen LogP) is 4.59. The molecular weight excluding hydrogens is 352 g/mol. The lowest BCUT2D eigenvalue weighted by Gasteiger charge is -2.31. The standard InChI is InChI=1S/C19H28N2O2S2/c1-19(2,3)25(22,23)21-16-6-4-14(5-7-16)13-20-17-8-9-18-15(12-17)10-11-24-18/h8-12,14,16,20-21H,4-7,13H2,1-3H3. The minimum absolute atomic E-state index is 0.0858. The fourth-order valence-corrected chi connectivity index (χ4v) is 5.02. The van der Waals surface area contributed by atoms with Crippen molar-refractivity contribution >= 4 is 37.1 Å². The average Bonchev–Trinajstić information content (AvgIpc) is 3.00. The van der Waals surface area contributed by atoms with E-state index in [1.54, 1.807) is 32.1 Å². The molecule has 6 heteroatoms. The van der Waals surface area contributed by atoms with Crippen molar-refractivity contribution in [3.63, 3.8) is 0 Å². The van der Waals surface area contributed by atoms with E-state index in [4.69, 9.17) is 0 Å². The van der Waals surface area contributed by atoms with Gasteiger partial charge in [0.1, 0.15) is 0 Å². The van der Waals surface area contributed by atoms with E-state index in [0.29, 0.717) is 5.92 Å². The average molecular weight is 381 g/mol. The smallest absolute Gasteiger partial charge is 0.216 e. The summed E-state index contributed by atoms with van der Waals surface area (Å²) in [6.45, 7) is 6.19. The number of benzene rings is 1. The summed E-state index contributed by atoms with van der Waals surface area (Å²) in [6, 6.07) is 8.75. The van der Waals surface area contributed by atoms with Gasteiger partial charge in [-0.3, -0.25) is 0 Å². The van der Waals surface area contributed by atoms with Crippen molar-refractivity contribution in [1.82, 2.24) is 4.72 Å². The van der Waals surface area contributed by atoms with Gasteiger partial charge in [-0.15, -0.1) is 11.3 Å². The summed E-state index contributed by atoms with van der Waals surface area (Å²) >= 11 is 1.76. The molecule has 1 heterocycles. The number of nitrogens with one attached hydrogen (secondary N) is 2. The van der Waals surface area contributed by atoms with E-state index in [2.05, 4.69) is 39.7 Å². The highest BCUT2D eigenvalue weighted by Crippen LogP contribution is 2.28. The van der Waals surface area contributed by atoms with Crippen LogP contribution in [0, 0.1) is 5.92 Å². The van der Waals surface area contributed by atoms with E-state index in [1.165, 1.54) is 15.8 Å². The van der Waals surface area contributed by atoms with Crippen LogP contribution in [-0.4, -0.2) is 25.8 Å². The highest BCUT2D eigenvalue weighted by atomic mass is 32.2. The summed E-state index contributed by atoms with van der Waals surface area (Å²) in [5, 5.41) is 6.96. The Morgan fingerprint density at radius 3 is 2.52 bits per heavy atom. The van der Waals surface area contributed by atoms with Crippen molar-refractivity contribution in [2.45, 2.75) is 57.2 Å². The van der Waals surface area contributed by atoms with Gasteiger partial charge in [-0.05, 0) is 87.4 Å². The Morgan fingerprint density at radius 1 is 1.12 bits per heavy atom. The van der Waals surface area contributed by atoms with Gasteiger partial charge in [0.2, 0.25) is 10.0 Å². The molecule has 138 valence electrons. The summed E-state index contributed by atoms with van der Waals surface area (Å²) in [5.41, 5.74) is 1.17. The van der Waals surface area contributed by atoms with E-state index >= 15 is 0 Å². The van der Waals surface area contributed by atoms with Crippen molar-refractivity contribution in [3.05, 3.63) is 29.6 Å². The number of hydrogen-bond donors (Lipinski definition) is 2. The van der Waals surface area contributed by atoms with Crippen LogP contribution in [0.15, 0.2) is 29.6 Å². The Hall–Kier alpha value is -1.11.